The molecule has 2 aromatic carbocycles. The topological polar surface area (TPSA) is 54.0 Å². The average molecular weight is 429 g/mol. The van der Waals surface area contributed by atoms with Crippen LogP contribution in [0.5, 0.6) is 11.5 Å². The van der Waals surface area contributed by atoms with E-state index in [-0.39, 0.29) is 12.4 Å². The molecule has 0 radical (unpaired) electrons. The average Bonchev–Trinajstić information content (AvgIpc) is 2.74. The maximum atomic E-state index is 14.6. The number of halogens is 3. The second-order valence-corrected chi connectivity index (χ2v) is 6.79. The van der Waals surface area contributed by atoms with Gasteiger partial charge in [0, 0.05) is 26.2 Å². The molecule has 0 aromatic heterocycles. The van der Waals surface area contributed by atoms with Gasteiger partial charge in [0.05, 0.1) is 7.11 Å². The summed E-state index contributed by atoms with van der Waals surface area (Å²) in [4.78, 5) is 1.70. The Hall–Kier alpha value is -1.93. The summed E-state index contributed by atoms with van der Waals surface area (Å²) in [6, 6.07) is 13.3. The third-order valence-corrected chi connectivity index (χ3v) is 4.87. The Morgan fingerprint density at radius 3 is 2.41 bits per heavy atom. The first-order chi connectivity index (χ1) is 13.5. The molecule has 160 valence electrons. The number of rotatable bonds is 8. The second-order valence-electron chi connectivity index (χ2n) is 6.79. The summed E-state index contributed by atoms with van der Waals surface area (Å²) in [5.41, 5.74) is 1.39. The molecule has 1 aliphatic heterocycles. The molecule has 0 amide bonds. The zero-order chi connectivity index (χ0) is 20.0. The molecule has 5 nitrogen and oxygen atoms in total. The number of piperazine rings is 1. The molecule has 0 spiro atoms. The van der Waals surface area contributed by atoms with Crippen LogP contribution in [0.4, 0.5) is 8.78 Å². The minimum absolute atomic E-state index is 0. The molecule has 29 heavy (non-hydrogen) atoms. The summed E-state index contributed by atoms with van der Waals surface area (Å²) < 4.78 is 40.4. The fourth-order valence-corrected chi connectivity index (χ4v) is 3.46. The van der Waals surface area contributed by atoms with Gasteiger partial charge in [0.15, 0.2) is 11.5 Å². The summed E-state index contributed by atoms with van der Waals surface area (Å²) in [5.74, 6) is -2.39. The number of methoxy groups -OCH3 is 1. The molecule has 2 N–H and O–H groups in total. The van der Waals surface area contributed by atoms with Gasteiger partial charge in [-0.3, -0.25) is 4.90 Å². The Morgan fingerprint density at radius 2 is 1.79 bits per heavy atom. The SMILES string of the molecule is COc1cc([C@@H](N2CCNCC2)C(F)(F)CO)ccc1OCc1ccccc1.Cl. The van der Waals surface area contributed by atoms with Crippen molar-refractivity contribution in [3.8, 4) is 11.5 Å². The number of alkyl halides is 2. The minimum Gasteiger partial charge on any atom is -0.493 e. The van der Waals surface area contributed by atoms with Crippen LogP contribution in [-0.2, 0) is 6.61 Å². The molecule has 1 atom stereocenters. The highest BCUT2D eigenvalue weighted by Gasteiger charge is 2.44. The third kappa shape index (κ3) is 5.79. The van der Waals surface area contributed by atoms with E-state index in [2.05, 4.69) is 5.32 Å². The summed E-state index contributed by atoms with van der Waals surface area (Å²) in [6.07, 6.45) is 0. The summed E-state index contributed by atoms with van der Waals surface area (Å²) in [6.45, 7) is 1.37. The number of nitrogens with zero attached hydrogens (tertiary/aromatic N) is 1. The van der Waals surface area contributed by atoms with Gasteiger partial charge in [0.25, 0.3) is 5.92 Å². The van der Waals surface area contributed by atoms with Crippen molar-refractivity contribution in [2.75, 3.05) is 39.9 Å². The van der Waals surface area contributed by atoms with E-state index in [0.29, 0.717) is 49.8 Å². The van der Waals surface area contributed by atoms with Gasteiger partial charge >= 0.3 is 0 Å². The van der Waals surface area contributed by atoms with Crippen molar-refractivity contribution in [1.29, 1.82) is 0 Å². The first-order valence-corrected chi connectivity index (χ1v) is 9.33. The van der Waals surface area contributed by atoms with Crippen LogP contribution in [0.1, 0.15) is 17.2 Å². The molecule has 1 saturated heterocycles. The molecular weight excluding hydrogens is 402 g/mol. The van der Waals surface area contributed by atoms with Gasteiger partial charge in [-0.25, -0.2) is 8.78 Å². The van der Waals surface area contributed by atoms with Gasteiger partial charge in [-0.2, -0.15) is 0 Å². The highest BCUT2D eigenvalue weighted by molar-refractivity contribution is 5.85. The van der Waals surface area contributed by atoms with Crippen molar-refractivity contribution in [2.24, 2.45) is 0 Å². The molecule has 0 saturated carbocycles. The van der Waals surface area contributed by atoms with Gasteiger partial charge in [-0.15, -0.1) is 12.4 Å². The lowest BCUT2D eigenvalue weighted by atomic mass is 9.97. The van der Waals surface area contributed by atoms with Crippen molar-refractivity contribution < 1.29 is 23.4 Å². The third-order valence-electron chi connectivity index (χ3n) is 4.87. The Kier molecular flexibility index (Phi) is 8.64. The standard InChI is InChI=1S/C21H26F2N2O3.ClH/c1-27-19-13-17(7-8-18(19)28-14-16-5-3-2-4-6-16)20(21(22,23)15-26)25-11-9-24-10-12-25;/h2-8,13,20,24,26H,9-12,14-15H2,1H3;1H/t20-;/m1./s1. The highest BCUT2D eigenvalue weighted by atomic mass is 35.5. The first kappa shape index (κ1) is 23.3. The number of ether oxygens (including phenoxy) is 2. The maximum absolute atomic E-state index is 14.6. The first-order valence-electron chi connectivity index (χ1n) is 9.33. The van der Waals surface area contributed by atoms with Crippen molar-refractivity contribution >= 4 is 12.4 Å². The predicted molar refractivity (Wildman–Crippen MR) is 110 cm³/mol. The molecule has 0 unspecified atom stereocenters. The minimum atomic E-state index is -3.27. The van der Waals surface area contributed by atoms with Crippen LogP contribution in [0.15, 0.2) is 48.5 Å². The quantitative estimate of drug-likeness (QED) is 0.676. The molecule has 0 aliphatic carbocycles. The highest BCUT2D eigenvalue weighted by Crippen LogP contribution is 2.40. The predicted octanol–water partition coefficient (Wildman–Crippen LogP) is 3.27. The number of aliphatic hydroxyl groups is 1. The number of benzene rings is 2. The van der Waals surface area contributed by atoms with E-state index in [9.17, 15) is 13.9 Å². The van der Waals surface area contributed by atoms with Crippen LogP contribution in [-0.4, -0.2) is 55.8 Å². The van der Waals surface area contributed by atoms with E-state index in [1.165, 1.54) is 7.11 Å². The van der Waals surface area contributed by atoms with Crippen LogP contribution >= 0.6 is 12.4 Å². The molecule has 1 aliphatic rings. The summed E-state index contributed by atoms with van der Waals surface area (Å²) in [7, 11) is 1.48. The number of nitrogens with one attached hydrogen (secondary N) is 1. The maximum Gasteiger partial charge on any atom is 0.289 e. The molecule has 0 bridgehead atoms. The molecule has 3 rings (SSSR count). The summed E-state index contributed by atoms with van der Waals surface area (Å²) >= 11 is 0. The number of hydrogen-bond donors (Lipinski definition) is 2. The van der Waals surface area contributed by atoms with Crippen LogP contribution in [0.25, 0.3) is 0 Å². The zero-order valence-corrected chi connectivity index (χ0v) is 17.1. The second kappa shape index (κ2) is 10.7. The van der Waals surface area contributed by atoms with E-state index >= 15 is 0 Å². The van der Waals surface area contributed by atoms with E-state index in [1.807, 2.05) is 30.3 Å². The van der Waals surface area contributed by atoms with Crippen molar-refractivity contribution in [3.63, 3.8) is 0 Å². The van der Waals surface area contributed by atoms with Crippen LogP contribution in [0.3, 0.4) is 0 Å². The number of hydrogen-bond acceptors (Lipinski definition) is 5. The number of aliphatic hydroxyl groups excluding tert-OH is 1. The van der Waals surface area contributed by atoms with E-state index in [4.69, 9.17) is 9.47 Å². The Morgan fingerprint density at radius 1 is 1.10 bits per heavy atom. The Bertz CT molecular complexity index is 759. The normalized spacial score (nSPS) is 16.0. The summed E-state index contributed by atoms with van der Waals surface area (Å²) in [5, 5.41) is 12.5. The fourth-order valence-electron chi connectivity index (χ4n) is 3.46. The smallest absolute Gasteiger partial charge is 0.289 e. The lowest BCUT2D eigenvalue weighted by Gasteiger charge is -2.38. The van der Waals surface area contributed by atoms with Crippen molar-refractivity contribution in [1.82, 2.24) is 10.2 Å². The van der Waals surface area contributed by atoms with Gasteiger partial charge in [-0.05, 0) is 23.3 Å². The van der Waals surface area contributed by atoms with Crippen molar-refractivity contribution in [2.45, 2.75) is 18.6 Å². The largest absolute Gasteiger partial charge is 0.493 e. The molecule has 1 heterocycles. The molecular formula is C21H27ClF2N2O3. The van der Waals surface area contributed by atoms with Gasteiger partial charge < -0.3 is 19.9 Å². The molecule has 2 aromatic rings. The lowest BCUT2D eigenvalue weighted by Crippen LogP contribution is -2.51. The van der Waals surface area contributed by atoms with Crippen LogP contribution in [0.2, 0.25) is 0 Å². The fraction of sp³-hybridized carbons (Fsp3) is 0.429. The van der Waals surface area contributed by atoms with Crippen LogP contribution in [0, 0.1) is 0 Å². The van der Waals surface area contributed by atoms with Gasteiger partial charge in [0.1, 0.15) is 19.3 Å². The van der Waals surface area contributed by atoms with E-state index in [1.54, 1.807) is 23.1 Å². The van der Waals surface area contributed by atoms with E-state index in [0.717, 1.165) is 5.56 Å². The van der Waals surface area contributed by atoms with Gasteiger partial charge in [0.2, 0.25) is 0 Å². The van der Waals surface area contributed by atoms with Gasteiger partial charge in [-0.1, -0.05) is 36.4 Å². The molecule has 1 fully saturated rings. The molecule has 8 heteroatoms. The Labute approximate surface area is 176 Å². The Balaban J connectivity index is 0.00000300. The van der Waals surface area contributed by atoms with Crippen molar-refractivity contribution in [3.05, 3.63) is 59.7 Å². The zero-order valence-electron chi connectivity index (χ0n) is 16.3. The van der Waals surface area contributed by atoms with Crippen LogP contribution < -0.4 is 14.8 Å². The van der Waals surface area contributed by atoms with E-state index < -0.39 is 18.6 Å². The monoisotopic (exact) mass is 428 g/mol. The lowest BCUT2D eigenvalue weighted by molar-refractivity contribution is -0.118.